The van der Waals surface area contributed by atoms with E-state index in [9.17, 15) is 23.4 Å². The number of alkyl halides is 3. The van der Waals surface area contributed by atoms with Crippen molar-refractivity contribution < 1.29 is 23.4 Å². The van der Waals surface area contributed by atoms with Crippen LogP contribution >= 0.6 is 0 Å². The Balaban J connectivity index is 1.34. The number of hydrogen-bond acceptors (Lipinski definition) is 7. The largest absolute Gasteiger partial charge is 0.395 e. The molecule has 2 aromatic heterocycles. The fourth-order valence-corrected chi connectivity index (χ4v) is 5.09. The SMILES string of the molecule is C[C@H]1c2c(n[nH]c2C2CCN(c3cnc(C4CC4)nc3)CC2)NC(O)[C@H](O)[C@@H]1C(F)(F)F. The number of halogens is 3. The Hall–Kier alpha value is -2.40. The summed E-state index contributed by atoms with van der Waals surface area (Å²) in [6, 6.07) is 0. The first-order chi connectivity index (χ1) is 15.2. The lowest BCUT2D eigenvalue weighted by Crippen LogP contribution is -2.45. The molecule has 2 aromatic rings. The number of aliphatic hydroxyl groups excluding tert-OH is 2. The summed E-state index contributed by atoms with van der Waals surface area (Å²) in [5, 5.41) is 29.8. The molecule has 0 radical (unpaired) electrons. The maximum Gasteiger partial charge on any atom is 0.395 e. The molecule has 3 aliphatic rings. The second kappa shape index (κ2) is 7.87. The fraction of sp³-hybridized carbons (Fsp3) is 0.667. The molecule has 0 spiro atoms. The number of fused-ring (bicyclic) bond motifs is 1. The van der Waals surface area contributed by atoms with Crippen LogP contribution in [0.25, 0.3) is 0 Å². The summed E-state index contributed by atoms with van der Waals surface area (Å²) in [6.45, 7) is 2.88. The minimum Gasteiger partial charge on any atom is -0.388 e. The third-order valence-corrected chi connectivity index (χ3v) is 7.05. The van der Waals surface area contributed by atoms with Gasteiger partial charge in [-0.1, -0.05) is 6.92 Å². The van der Waals surface area contributed by atoms with E-state index in [0.29, 0.717) is 17.2 Å². The Morgan fingerprint density at radius 2 is 1.69 bits per heavy atom. The van der Waals surface area contributed by atoms with Gasteiger partial charge in [-0.25, -0.2) is 9.97 Å². The molecule has 4 atom stereocenters. The number of aromatic nitrogens is 4. The van der Waals surface area contributed by atoms with Crippen molar-refractivity contribution in [2.75, 3.05) is 23.3 Å². The molecule has 32 heavy (non-hydrogen) atoms. The Labute approximate surface area is 183 Å². The van der Waals surface area contributed by atoms with E-state index in [1.807, 2.05) is 12.4 Å². The minimum absolute atomic E-state index is 0.000301. The molecule has 4 heterocycles. The molecule has 0 aromatic carbocycles. The standard InChI is InChI=1S/C21H27F3N6O2/c1-10-14-16(28-29-19(14)27-20(32)17(31)15(10)21(22,23)24)11-4-6-30(7-5-11)13-8-25-18(26-9-13)12-2-3-12/h8-12,15,17,20,31-32H,2-7H2,1H3,(H2,27,28,29)/t10-,15+,17+,20?/m0/s1. The number of nitrogens with one attached hydrogen (secondary N) is 2. The van der Waals surface area contributed by atoms with Crippen LogP contribution in [0.4, 0.5) is 24.7 Å². The molecule has 4 N–H and O–H groups in total. The van der Waals surface area contributed by atoms with Crippen molar-refractivity contribution in [3.05, 3.63) is 29.5 Å². The van der Waals surface area contributed by atoms with Crippen LogP contribution in [0.2, 0.25) is 0 Å². The third kappa shape index (κ3) is 3.81. The molecule has 0 bridgehead atoms. The van der Waals surface area contributed by atoms with E-state index in [0.717, 1.165) is 50.3 Å². The van der Waals surface area contributed by atoms with Crippen molar-refractivity contribution in [1.82, 2.24) is 20.2 Å². The van der Waals surface area contributed by atoms with Gasteiger partial charge in [0, 0.05) is 42.1 Å². The lowest BCUT2D eigenvalue weighted by molar-refractivity contribution is -0.215. The first kappa shape index (κ1) is 21.4. The van der Waals surface area contributed by atoms with Gasteiger partial charge in [-0.3, -0.25) is 5.10 Å². The van der Waals surface area contributed by atoms with Gasteiger partial charge in [0.1, 0.15) is 11.9 Å². The molecule has 1 aliphatic carbocycles. The van der Waals surface area contributed by atoms with Gasteiger partial charge in [0.2, 0.25) is 0 Å². The molecule has 2 aliphatic heterocycles. The molecule has 1 saturated heterocycles. The van der Waals surface area contributed by atoms with Crippen LogP contribution < -0.4 is 10.2 Å². The number of rotatable bonds is 3. The topological polar surface area (TPSA) is 110 Å². The summed E-state index contributed by atoms with van der Waals surface area (Å²) in [7, 11) is 0. The molecular weight excluding hydrogens is 425 g/mol. The summed E-state index contributed by atoms with van der Waals surface area (Å²) in [5.74, 6) is -1.57. The highest BCUT2D eigenvalue weighted by molar-refractivity contribution is 5.52. The van der Waals surface area contributed by atoms with Crippen molar-refractivity contribution >= 4 is 11.5 Å². The van der Waals surface area contributed by atoms with E-state index in [-0.39, 0.29) is 11.7 Å². The second-order valence-electron chi connectivity index (χ2n) is 9.17. The molecule has 0 amide bonds. The second-order valence-corrected chi connectivity index (χ2v) is 9.17. The number of nitrogens with zero attached hydrogens (tertiary/aromatic N) is 4. The van der Waals surface area contributed by atoms with Crippen LogP contribution in [0.3, 0.4) is 0 Å². The van der Waals surface area contributed by atoms with Crippen molar-refractivity contribution in [1.29, 1.82) is 0 Å². The minimum atomic E-state index is -4.66. The van der Waals surface area contributed by atoms with Gasteiger partial charge in [-0.05, 0) is 25.7 Å². The molecule has 174 valence electrons. The monoisotopic (exact) mass is 452 g/mol. The lowest BCUT2D eigenvalue weighted by atomic mass is 9.80. The van der Waals surface area contributed by atoms with Crippen LogP contribution in [-0.2, 0) is 0 Å². The average Bonchev–Trinajstić information content (AvgIpc) is 3.54. The maximum atomic E-state index is 13.7. The molecule has 8 nitrogen and oxygen atoms in total. The summed E-state index contributed by atoms with van der Waals surface area (Å²) < 4.78 is 41.2. The van der Waals surface area contributed by atoms with Crippen LogP contribution in [0.1, 0.15) is 67.4 Å². The van der Waals surface area contributed by atoms with Crippen LogP contribution in [0, 0.1) is 5.92 Å². The third-order valence-electron chi connectivity index (χ3n) is 7.05. The highest BCUT2D eigenvalue weighted by Crippen LogP contribution is 2.47. The normalized spacial score (nSPS) is 29.4. The molecule has 2 fully saturated rings. The smallest absolute Gasteiger partial charge is 0.388 e. The van der Waals surface area contributed by atoms with Gasteiger partial charge < -0.3 is 20.4 Å². The number of anilines is 2. The maximum absolute atomic E-state index is 13.7. The summed E-state index contributed by atoms with van der Waals surface area (Å²) in [5.41, 5.74) is 2.00. The van der Waals surface area contributed by atoms with Gasteiger partial charge in [-0.2, -0.15) is 18.3 Å². The van der Waals surface area contributed by atoms with E-state index < -0.39 is 30.3 Å². The van der Waals surface area contributed by atoms with Crippen LogP contribution in [-0.4, -0.2) is 62.0 Å². The Morgan fingerprint density at radius 3 is 2.28 bits per heavy atom. The lowest BCUT2D eigenvalue weighted by Gasteiger charge is -2.34. The first-order valence-corrected chi connectivity index (χ1v) is 11.1. The fourth-order valence-electron chi connectivity index (χ4n) is 5.09. The van der Waals surface area contributed by atoms with Crippen molar-refractivity contribution in [2.24, 2.45) is 5.92 Å². The summed E-state index contributed by atoms with van der Waals surface area (Å²) >= 11 is 0. The number of H-pyrrole nitrogens is 1. The molecular formula is C21H27F3N6O2. The Morgan fingerprint density at radius 1 is 1.03 bits per heavy atom. The van der Waals surface area contributed by atoms with Crippen LogP contribution in [0.15, 0.2) is 12.4 Å². The van der Waals surface area contributed by atoms with E-state index in [1.165, 1.54) is 6.92 Å². The quantitative estimate of drug-likeness (QED) is 0.567. The number of aliphatic hydroxyl groups is 2. The zero-order valence-corrected chi connectivity index (χ0v) is 17.7. The predicted molar refractivity (Wildman–Crippen MR) is 110 cm³/mol. The Bertz CT molecular complexity index is 953. The van der Waals surface area contributed by atoms with Gasteiger partial charge in [-0.15, -0.1) is 0 Å². The van der Waals surface area contributed by atoms with Crippen molar-refractivity contribution in [3.8, 4) is 0 Å². The molecule has 1 saturated carbocycles. The molecule has 5 rings (SSSR count). The average molecular weight is 452 g/mol. The first-order valence-electron chi connectivity index (χ1n) is 11.1. The molecule has 1 unspecified atom stereocenters. The van der Waals surface area contributed by atoms with Gasteiger partial charge >= 0.3 is 6.18 Å². The van der Waals surface area contributed by atoms with Gasteiger partial charge in [0.25, 0.3) is 0 Å². The number of piperidine rings is 1. The van der Waals surface area contributed by atoms with Gasteiger partial charge in [0.15, 0.2) is 12.0 Å². The van der Waals surface area contributed by atoms with Crippen molar-refractivity contribution in [3.63, 3.8) is 0 Å². The zero-order chi connectivity index (χ0) is 22.6. The summed E-state index contributed by atoms with van der Waals surface area (Å²) in [4.78, 5) is 11.1. The highest BCUT2D eigenvalue weighted by Gasteiger charge is 2.53. The van der Waals surface area contributed by atoms with E-state index in [2.05, 4.69) is 30.4 Å². The van der Waals surface area contributed by atoms with Crippen molar-refractivity contribution in [2.45, 2.75) is 68.9 Å². The summed E-state index contributed by atoms with van der Waals surface area (Å²) in [6.07, 6.45) is -0.924. The van der Waals surface area contributed by atoms with E-state index in [4.69, 9.17) is 0 Å². The van der Waals surface area contributed by atoms with Gasteiger partial charge in [0.05, 0.1) is 24.0 Å². The highest BCUT2D eigenvalue weighted by atomic mass is 19.4. The number of aromatic amines is 1. The zero-order valence-electron chi connectivity index (χ0n) is 17.7. The Kier molecular flexibility index (Phi) is 5.28. The number of hydrogen-bond donors (Lipinski definition) is 4. The predicted octanol–water partition coefficient (Wildman–Crippen LogP) is 2.85. The van der Waals surface area contributed by atoms with E-state index in [1.54, 1.807) is 0 Å². The van der Waals surface area contributed by atoms with E-state index >= 15 is 0 Å². The molecule has 11 heteroatoms. The van der Waals surface area contributed by atoms with Crippen LogP contribution in [0.5, 0.6) is 0 Å².